The van der Waals surface area contributed by atoms with Gasteiger partial charge in [-0.2, -0.15) is 15.0 Å². The van der Waals surface area contributed by atoms with Crippen LogP contribution in [0.4, 0.5) is 23.3 Å². The average molecular weight is 550 g/mol. The Morgan fingerprint density at radius 3 is 2.05 bits per heavy atom. The van der Waals surface area contributed by atoms with Crippen molar-refractivity contribution in [3.8, 4) is 11.1 Å². The topological polar surface area (TPSA) is 79.8 Å². The third kappa shape index (κ3) is 3.96. The summed E-state index contributed by atoms with van der Waals surface area (Å²) in [6.45, 7) is 0. The van der Waals surface area contributed by atoms with E-state index < -0.39 is 0 Å². The number of aromatic nitrogens is 3. The molecule has 0 aliphatic heterocycles. The van der Waals surface area contributed by atoms with Crippen LogP contribution < -0.4 is 10.6 Å². The first-order valence-electron chi connectivity index (χ1n) is 13.2. The Balaban J connectivity index is 1.15. The summed E-state index contributed by atoms with van der Waals surface area (Å²) in [4.78, 5) is 26.5. The van der Waals surface area contributed by atoms with Gasteiger partial charge < -0.3 is 10.6 Å². The van der Waals surface area contributed by atoms with E-state index in [1.54, 1.807) is 0 Å². The number of nitrogens with zero attached hydrogens (tertiary/aromatic N) is 3. The fourth-order valence-electron chi connectivity index (χ4n) is 5.72. The molecule has 8 rings (SSSR count). The summed E-state index contributed by atoms with van der Waals surface area (Å²) in [6.07, 6.45) is 0. The van der Waals surface area contributed by atoms with E-state index in [0.29, 0.717) is 17.5 Å². The highest BCUT2D eigenvalue weighted by Gasteiger charge is 2.25. The summed E-state index contributed by atoms with van der Waals surface area (Å²) in [5, 5.41) is 13.1. The third-order valence-electron chi connectivity index (χ3n) is 7.56. The summed E-state index contributed by atoms with van der Waals surface area (Å²) in [5.74, 6) is 0.635. The van der Waals surface area contributed by atoms with Gasteiger partial charge in [-0.1, -0.05) is 78.9 Å². The Hall–Kier alpha value is -5.33. The second-order valence-electron chi connectivity index (χ2n) is 10.0. The Kier molecular flexibility index (Phi) is 5.23. The Labute approximate surface area is 239 Å². The molecule has 7 heteroatoms. The predicted octanol–water partition coefficient (Wildman–Crippen LogP) is 8.68. The molecule has 0 saturated heterocycles. The van der Waals surface area contributed by atoms with Crippen molar-refractivity contribution >= 4 is 73.0 Å². The van der Waals surface area contributed by atoms with E-state index in [2.05, 4.69) is 62.0 Å². The molecule has 2 N–H and O–H groups in total. The highest BCUT2D eigenvalue weighted by atomic mass is 35.5. The molecule has 194 valence electrons. The number of fused-ring (bicyclic) bond motifs is 4. The summed E-state index contributed by atoms with van der Waals surface area (Å²) in [5.41, 5.74) is 4.96. The number of benzene rings is 6. The third-order valence-corrected chi connectivity index (χ3v) is 7.73. The first-order chi connectivity index (χ1) is 20.1. The van der Waals surface area contributed by atoms with Crippen molar-refractivity contribution in [3.05, 3.63) is 126 Å². The first kappa shape index (κ1) is 23.5. The number of carbonyl (C=O) groups excluding carboxylic acids is 1. The zero-order chi connectivity index (χ0) is 27.5. The van der Waals surface area contributed by atoms with Gasteiger partial charge in [0.05, 0.1) is 0 Å². The normalized spacial score (nSPS) is 12.1. The molecule has 1 aliphatic rings. The zero-order valence-corrected chi connectivity index (χ0v) is 22.3. The van der Waals surface area contributed by atoms with Crippen molar-refractivity contribution in [2.45, 2.75) is 0 Å². The number of hydrogen-bond donors (Lipinski definition) is 2. The Morgan fingerprint density at radius 2 is 1.22 bits per heavy atom. The molecule has 1 aromatic heterocycles. The van der Waals surface area contributed by atoms with Gasteiger partial charge in [-0.15, -0.1) is 0 Å². The highest BCUT2D eigenvalue weighted by molar-refractivity contribution is 6.28. The quantitative estimate of drug-likeness (QED) is 0.214. The zero-order valence-electron chi connectivity index (χ0n) is 21.5. The van der Waals surface area contributed by atoms with Crippen LogP contribution in [0.25, 0.3) is 43.4 Å². The van der Waals surface area contributed by atoms with Gasteiger partial charge in [0.15, 0.2) is 5.78 Å². The molecule has 0 bridgehead atoms. The minimum absolute atomic E-state index is 0.0222. The number of hydrogen-bond acceptors (Lipinski definition) is 6. The lowest BCUT2D eigenvalue weighted by Gasteiger charge is -2.21. The average Bonchev–Trinajstić information content (AvgIpc) is 2.99. The van der Waals surface area contributed by atoms with E-state index >= 15 is 0 Å². The predicted molar refractivity (Wildman–Crippen MR) is 166 cm³/mol. The van der Waals surface area contributed by atoms with Gasteiger partial charge in [0.1, 0.15) is 0 Å². The summed E-state index contributed by atoms with van der Waals surface area (Å²) in [7, 11) is 0. The van der Waals surface area contributed by atoms with Crippen molar-refractivity contribution in [1.29, 1.82) is 0 Å². The van der Waals surface area contributed by atoms with Crippen molar-refractivity contribution in [1.82, 2.24) is 15.0 Å². The lowest BCUT2D eigenvalue weighted by Crippen LogP contribution is -2.10. The minimum atomic E-state index is 0.0222. The molecular formula is C34H20ClN5O. The molecule has 0 atom stereocenters. The van der Waals surface area contributed by atoms with E-state index in [4.69, 9.17) is 11.6 Å². The molecule has 1 heterocycles. The number of carbonyl (C=O) groups is 1. The van der Waals surface area contributed by atoms with Crippen LogP contribution in [0.2, 0.25) is 5.28 Å². The van der Waals surface area contributed by atoms with Gasteiger partial charge in [0.25, 0.3) is 0 Å². The van der Waals surface area contributed by atoms with Gasteiger partial charge in [0.2, 0.25) is 17.2 Å². The molecule has 0 saturated carbocycles. The molecule has 0 radical (unpaired) electrons. The van der Waals surface area contributed by atoms with E-state index in [-0.39, 0.29) is 11.1 Å². The van der Waals surface area contributed by atoms with Gasteiger partial charge >= 0.3 is 0 Å². The summed E-state index contributed by atoms with van der Waals surface area (Å²) >= 11 is 6.33. The summed E-state index contributed by atoms with van der Waals surface area (Å²) < 4.78 is 0. The van der Waals surface area contributed by atoms with Crippen LogP contribution in [-0.4, -0.2) is 20.7 Å². The molecule has 0 spiro atoms. The number of anilines is 4. The Morgan fingerprint density at radius 1 is 0.537 bits per heavy atom. The van der Waals surface area contributed by atoms with Crippen LogP contribution in [0.15, 0.2) is 109 Å². The van der Waals surface area contributed by atoms with E-state index in [1.807, 2.05) is 72.8 Å². The monoisotopic (exact) mass is 549 g/mol. The lowest BCUT2D eigenvalue weighted by atomic mass is 9.82. The minimum Gasteiger partial charge on any atom is -0.324 e. The number of nitrogens with one attached hydrogen (secondary N) is 2. The molecule has 6 aromatic carbocycles. The molecule has 1 aliphatic carbocycles. The maximum absolute atomic E-state index is 13.3. The lowest BCUT2D eigenvalue weighted by molar-refractivity contribution is 0.104. The molecular weight excluding hydrogens is 530 g/mol. The van der Waals surface area contributed by atoms with Crippen molar-refractivity contribution < 1.29 is 4.79 Å². The van der Waals surface area contributed by atoms with Gasteiger partial charge in [-0.3, -0.25) is 4.79 Å². The number of rotatable bonds is 4. The largest absolute Gasteiger partial charge is 0.324 e. The molecule has 41 heavy (non-hydrogen) atoms. The van der Waals surface area contributed by atoms with E-state index in [0.717, 1.165) is 49.6 Å². The summed E-state index contributed by atoms with van der Waals surface area (Å²) in [6, 6.07) is 36.3. The van der Waals surface area contributed by atoms with E-state index in [1.165, 1.54) is 10.8 Å². The fourth-order valence-corrected chi connectivity index (χ4v) is 5.88. The second kappa shape index (κ2) is 9.11. The maximum atomic E-state index is 13.3. The fraction of sp³-hybridized carbons (Fsp3) is 0. The Bertz CT molecular complexity index is 2210. The van der Waals surface area contributed by atoms with Crippen LogP contribution in [0.3, 0.4) is 0 Å². The first-order valence-corrected chi connectivity index (χ1v) is 13.6. The smallest absolute Gasteiger partial charge is 0.233 e. The highest BCUT2D eigenvalue weighted by Crippen LogP contribution is 2.42. The van der Waals surface area contributed by atoms with Crippen molar-refractivity contribution in [2.75, 3.05) is 10.6 Å². The van der Waals surface area contributed by atoms with Gasteiger partial charge in [-0.25, -0.2) is 0 Å². The maximum Gasteiger partial charge on any atom is 0.233 e. The second-order valence-corrected chi connectivity index (χ2v) is 10.4. The molecule has 0 fully saturated rings. The van der Waals surface area contributed by atoms with Crippen LogP contribution in [0.5, 0.6) is 0 Å². The van der Waals surface area contributed by atoms with Crippen LogP contribution in [0, 0.1) is 0 Å². The molecule has 7 aromatic rings. The van der Waals surface area contributed by atoms with Crippen molar-refractivity contribution in [3.63, 3.8) is 0 Å². The molecule has 6 nitrogen and oxygen atoms in total. The number of ketones is 1. The van der Waals surface area contributed by atoms with Crippen LogP contribution in [-0.2, 0) is 0 Å². The van der Waals surface area contributed by atoms with Gasteiger partial charge in [0, 0.05) is 33.3 Å². The van der Waals surface area contributed by atoms with Crippen molar-refractivity contribution in [2.24, 2.45) is 0 Å². The molecule has 0 unspecified atom stereocenters. The standard InChI is InChI=1S/C34H20ClN5O/c35-32-38-33(36-23-13-12-21-16-19-6-1-2-7-20(19)17-22(21)18-23)40-34(39-32)37-29-15-14-25-24-8-3-4-9-26(24)31(41)28-11-5-10-27(29)30(25)28/h1-18H,(H2,36,37,38,39,40). The SMILES string of the molecule is O=C1c2ccccc2-c2ccc(Nc3nc(Cl)nc(Nc4ccc5cc6ccccc6cc5c4)n3)c3cccc1c23. The van der Waals surface area contributed by atoms with Crippen LogP contribution >= 0.6 is 11.6 Å². The van der Waals surface area contributed by atoms with Gasteiger partial charge in [-0.05, 0) is 74.6 Å². The number of halogens is 1. The van der Waals surface area contributed by atoms with E-state index in [9.17, 15) is 4.79 Å². The van der Waals surface area contributed by atoms with Crippen LogP contribution in [0.1, 0.15) is 15.9 Å². The molecule has 0 amide bonds.